The fraction of sp³-hybridized carbons (Fsp3) is 0.185. The van der Waals surface area contributed by atoms with Gasteiger partial charge in [-0.05, 0) is 55.7 Å². The molecule has 3 rings (SSSR count). The smallest absolute Gasteiger partial charge is 0.329 e. The molecular weight excluding hydrogens is 444 g/mol. The van der Waals surface area contributed by atoms with Crippen LogP contribution in [0.3, 0.4) is 0 Å². The Hall–Kier alpha value is -4.46. The van der Waals surface area contributed by atoms with Crippen molar-refractivity contribution in [1.82, 2.24) is 10.7 Å². The molecule has 1 atom stereocenters. The van der Waals surface area contributed by atoms with E-state index in [2.05, 4.69) is 21.2 Å². The Morgan fingerprint density at radius 1 is 0.943 bits per heavy atom. The normalized spacial score (nSPS) is 11.5. The Bertz CT molecular complexity index is 1220. The first-order valence-corrected chi connectivity index (χ1v) is 11.1. The lowest BCUT2D eigenvalue weighted by molar-refractivity contribution is -0.139. The second-order valence-electron chi connectivity index (χ2n) is 8.00. The van der Waals surface area contributed by atoms with Gasteiger partial charge in [0.15, 0.2) is 6.61 Å². The number of nitrogens with one attached hydrogen (secondary N) is 3. The zero-order valence-corrected chi connectivity index (χ0v) is 19.9. The SMILES string of the molecule is Cc1ccc(C)c(NC(=O)COc2ccccc2/C=N/NC(=O)C(=O)NC(C)c2ccccc2)c1. The van der Waals surface area contributed by atoms with Gasteiger partial charge >= 0.3 is 11.8 Å². The number of carbonyl (C=O) groups excluding carboxylic acids is 3. The van der Waals surface area contributed by atoms with E-state index in [-0.39, 0.29) is 18.6 Å². The van der Waals surface area contributed by atoms with Crippen LogP contribution >= 0.6 is 0 Å². The number of benzene rings is 3. The van der Waals surface area contributed by atoms with Crippen LogP contribution < -0.4 is 20.8 Å². The van der Waals surface area contributed by atoms with Crippen molar-refractivity contribution in [1.29, 1.82) is 0 Å². The van der Waals surface area contributed by atoms with Gasteiger partial charge in [0.25, 0.3) is 5.91 Å². The number of rotatable bonds is 8. The minimum Gasteiger partial charge on any atom is -0.483 e. The van der Waals surface area contributed by atoms with Gasteiger partial charge in [-0.25, -0.2) is 5.43 Å². The Morgan fingerprint density at radius 3 is 2.43 bits per heavy atom. The molecule has 8 nitrogen and oxygen atoms in total. The lowest BCUT2D eigenvalue weighted by Crippen LogP contribution is -2.39. The molecule has 0 aromatic heterocycles. The molecule has 0 bridgehead atoms. The second-order valence-corrected chi connectivity index (χ2v) is 8.00. The summed E-state index contributed by atoms with van der Waals surface area (Å²) >= 11 is 0. The van der Waals surface area contributed by atoms with Crippen LogP contribution in [0.15, 0.2) is 77.9 Å². The number of amides is 3. The number of anilines is 1. The molecule has 0 saturated carbocycles. The second kappa shape index (κ2) is 12.1. The van der Waals surface area contributed by atoms with Gasteiger partial charge in [0.2, 0.25) is 0 Å². The van der Waals surface area contributed by atoms with Gasteiger partial charge in [-0.15, -0.1) is 0 Å². The van der Waals surface area contributed by atoms with Gasteiger partial charge in [-0.3, -0.25) is 14.4 Å². The van der Waals surface area contributed by atoms with E-state index in [4.69, 9.17) is 4.74 Å². The monoisotopic (exact) mass is 472 g/mol. The minimum atomic E-state index is -0.893. The number of para-hydroxylation sites is 1. The van der Waals surface area contributed by atoms with Crippen molar-refractivity contribution in [2.24, 2.45) is 5.10 Å². The van der Waals surface area contributed by atoms with Gasteiger partial charge in [-0.1, -0.05) is 54.6 Å². The average molecular weight is 473 g/mol. The van der Waals surface area contributed by atoms with Crippen LogP contribution in [0.4, 0.5) is 5.69 Å². The number of hydrogen-bond acceptors (Lipinski definition) is 5. The fourth-order valence-electron chi connectivity index (χ4n) is 3.22. The lowest BCUT2D eigenvalue weighted by atomic mass is 10.1. The summed E-state index contributed by atoms with van der Waals surface area (Å²) in [4.78, 5) is 36.6. The summed E-state index contributed by atoms with van der Waals surface area (Å²) in [7, 11) is 0. The maximum atomic E-state index is 12.4. The zero-order chi connectivity index (χ0) is 25.2. The average Bonchev–Trinajstić information content (AvgIpc) is 2.86. The molecule has 0 heterocycles. The van der Waals surface area contributed by atoms with Crippen molar-refractivity contribution in [2.75, 3.05) is 11.9 Å². The van der Waals surface area contributed by atoms with E-state index >= 15 is 0 Å². The predicted octanol–water partition coefficient (Wildman–Crippen LogP) is 3.65. The lowest BCUT2D eigenvalue weighted by Gasteiger charge is -2.13. The van der Waals surface area contributed by atoms with Crippen LogP contribution in [0.2, 0.25) is 0 Å². The van der Waals surface area contributed by atoms with E-state index in [1.807, 2.05) is 62.4 Å². The third kappa shape index (κ3) is 7.53. The van der Waals surface area contributed by atoms with Crippen LogP contribution in [0.1, 0.15) is 35.2 Å². The first kappa shape index (κ1) is 25.2. The molecule has 3 N–H and O–H groups in total. The largest absolute Gasteiger partial charge is 0.483 e. The van der Waals surface area contributed by atoms with Crippen molar-refractivity contribution >= 4 is 29.6 Å². The molecule has 0 spiro atoms. The third-order valence-electron chi connectivity index (χ3n) is 5.17. The summed E-state index contributed by atoms with van der Waals surface area (Å²) in [5.74, 6) is -1.59. The number of nitrogens with zero attached hydrogens (tertiary/aromatic N) is 1. The maximum absolute atomic E-state index is 12.4. The third-order valence-corrected chi connectivity index (χ3v) is 5.17. The van der Waals surface area contributed by atoms with Gasteiger partial charge in [0, 0.05) is 11.3 Å². The van der Waals surface area contributed by atoms with Crippen LogP contribution in [0.25, 0.3) is 0 Å². The maximum Gasteiger partial charge on any atom is 0.329 e. The van der Waals surface area contributed by atoms with Crippen molar-refractivity contribution < 1.29 is 19.1 Å². The molecule has 8 heteroatoms. The van der Waals surface area contributed by atoms with Gasteiger partial charge < -0.3 is 15.4 Å². The number of carbonyl (C=O) groups is 3. The van der Waals surface area contributed by atoms with Crippen LogP contribution in [0, 0.1) is 13.8 Å². The van der Waals surface area contributed by atoms with E-state index in [1.54, 1.807) is 31.2 Å². The molecule has 0 saturated heterocycles. The van der Waals surface area contributed by atoms with E-state index in [1.165, 1.54) is 6.21 Å². The highest BCUT2D eigenvalue weighted by Gasteiger charge is 2.16. The number of hydrazone groups is 1. The standard InChI is InChI=1S/C27H28N4O4/c1-18-13-14-19(2)23(15-18)30-25(32)17-35-24-12-8-7-11-22(24)16-28-31-27(34)26(33)29-20(3)21-9-5-4-6-10-21/h4-16,20H,17H2,1-3H3,(H,29,33)(H,30,32)(H,31,34)/b28-16+. The number of aryl methyl sites for hydroxylation is 2. The molecule has 180 valence electrons. The highest BCUT2D eigenvalue weighted by molar-refractivity contribution is 6.35. The molecule has 0 aliphatic carbocycles. The summed E-state index contributed by atoms with van der Waals surface area (Å²) in [6.45, 7) is 5.45. The van der Waals surface area contributed by atoms with Crippen LogP contribution in [0.5, 0.6) is 5.75 Å². The summed E-state index contributed by atoms with van der Waals surface area (Å²) in [6.07, 6.45) is 1.35. The van der Waals surface area contributed by atoms with E-state index in [0.29, 0.717) is 11.3 Å². The molecule has 0 fully saturated rings. The molecule has 0 radical (unpaired) electrons. The first-order valence-electron chi connectivity index (χ1n) is 11.1. The minimum absolute atomic E-state index is 0.204. The summed E-state index contributed by atoms with van der Waals surface area (Å²) in [6, 6.07) is 21.7. The van der Waals surface area contributed by atoms with E-state index in [0.717, 1.165) is 22.4 Å². The Balaban J connectivity index is 1.53. The van der Waals surface area contributed by atoms with Crippen molar-refractivity contribution in [3.05, 3.63) is 95.1 Å². The highest BCUT2D eigenvalue weighted by atomic mass is 16.5. The predicted molar refractivity (Wildman–Crippen MR) is 135 cm³/mol. The zero-order valence-electron chi connectivity index (χ0n) is 19.9. The first-order chi connectivity index (χ1) is 16.8. The van der Waals surface area contributed by atoms with Crippen molar-refractivity contribution in [3.63, 3.8) is 0 Å². The Labute approximate surface area is 204 Å². The molecule has 3 aromatic carbocycles. The molecule has 0 aliphatic rings. The molecule has 35 heavy (non-hydrogen) atoms. The topological polar surface area (TPSA) is 109 Å². The van der Waals surface area contributed by atoms with Crippen molar-refractivity contribution in [2.45, 2.75) is 26.8 Å². The molecule has 0 aliphatic heterocycles. The fourth-order valence-corrected chi connectivity index (χ4v) is 3.22. The van der Waals surface area contributed by atoms with Gasteiger partial charge in [0.05, 0.1) is 12.3 Å². The van der Waals surface area contributed by atoms with Gasteiger partial charge in [0.1, 0.15) is 5.75 Å². The molecule has 3 aromatic rings. The summed E-state index contributed by atoms with van der Waals surface area (Å²) in [5.41, 5.74) is 6.35. The molecule has 3 amide bonds. The van der Waals surface area contributed by atoms with Crippen LogP contribution in [-0.2, 0) is 14.4 Å². The summed E-state index contributed by atoms with van der Waals surface area (Å²) in [5, 5.41) is 9.32. The number of hydrogen-bond donors (Lipinski definition) is 3. The number of ether oxygens (including phenoxy) is 1. The van der Waals surface area contributed by atoms with Crippen molar-refractivity contribution in [3.8, 4) is 5.75 Å². The van der Waals surface area contributed by atoms with Gasteiger partial charge in [-0.2, -0.15) is 5.10 Å². The highest BCUT2D eigenvalue weighted by Crippen LogP contribution is 2.18. The quantitative estimate of drug-likeness (QED) is 0.264. The molecule has 1 unspecified atom stereocenters. The Kier molecular flexibility index (Phi) is 8.72. The summed E-state index contributed by atoms with van der Waals surface area (Å²) < 4.78 is 5.65. The van der Waals surface area contributed by atoms with E-state index < -0.39 is 11.8 Å². The van der Waals surface area contributed by atoms with E-state index in [9.17, 15) is 14.4 Å². The molecular formula is C27H28N4O4. The Morgan fingerprint density at radius 2 is 1.66 bits per heavy atom. The van der Waals surface area contributed by atoms with Crippen LogP contribution in [-0.4, -0.2) is 30.5 Å².